The minimum absolute atomic E-state index is 0.264. The molecule has 1 aromatic heterocycles. The second kappa shape index (κ2) is 5.76. The van der Waals surface area contributed by atoms with Crippen molar-refractivity contribution in [1.82, 2.24) is 5.32 Å². The van der Waals surface area contributed by atoms with Crippen molar-refractivity contribution in [2.24, 2.45) is 0 Å². The first-order chi connectivity index (χ1) is 9.70. The van der Waals surface area contributed by atoms with Crippen molar-refractivity contribution in [2.75, 3.05) is 13.2 Å². The number of fused-ring (bicyclic) bond motifs is 1. The van der Waals surface area contributed by atoms with Gasteiger partial charge in [-0.05, 0) is 31.2 Å². The van der Waals surface area contributed by atoms with Gasteiger partial charge in [-0.1, -0.05) is 36.7 Å². The number of thiophene rings is 1. The van der Waals surface area contributed by atoms with Gasteiger partial charge in [-0.15, -0.1) is 11.3 Å². The molecule has 2 heterocycles. The molecule has 3 rings (SSSR count). The maximum absolute atomic E-state index is 6.24. The Labute approximate surface area is 128 Å². The average Bonchev–Trinajstić information content (AvgIpc) is 3.01. The van der Waals surface area contributed by atoms with Gasteiger partial charge in [0.2, 0.25) is 0 Å². The summed E-state index contributed by atoms with van der Waals surface area (Å²) in [4.78, 5) is 1.29. The molecule has 0 saturated heterocycles. The minimum Gasteiger partial charge on any atom is -0.493 e. The lowest BCUT2D eigenvalue weighted by molar-refractivity contribution is 0.302. The van der Waals surface area contributed by atoms with E-state index < -0.39 is 0 Å². The zero-order valence-electron chi connectivity index (χ0n) is 11.7. The summed E-state index contributed by atoms with van der Waals surface area (Å²) in [5.41, 5.74) is 2.45. The average molecular weight is 308 g/mol. The molecule has 20 heavy (non-hydrogen) atoms. The Kier molecular flexibility index (Phi) is 4.01. The van der Waals surface area contributed by atoms with Crippen LogP contribution in [0, 0.1) is 6.92 Å². The predicted octanol–water partition coefficient (Wildman–Crippen LogP) is 4.54. The Balaban J connectivity index is 1.96. The second-order valence-electron chi connectivity index (χ2n) is 5.10. The third-order valence-corrected chi connectivity index (χ3v) is 5.38. The fourth-order valence-corrected chi connectivity index (χ4v) is 4.12. The number of nitrogens with one attached hydrogen (secondary N) is 1. The lowest BCUT2D eigenvalue weighted by Crippen LogP contribution is -2.27. The van der Waals surface area contributed by atoms with Crippen molar-refractivity contribution in [1.29, 1.82) is 0 Å². The maximum Gasteiger partial charge on any atom is 0.122 e. The largest absolute Gasteiger partial charge is 0.493 e. The Morgan fingerprint density at radius 2 is 2.25 bits per heavy atom. The van der Waals surface area contributed by atoms with Gasteiger partial charge in [0.05, 0.1) is 17.0 Å². The van der Waals surface area contributed by atoms with Gasteiger partial charge in [0.15, 0.2) is 0 Å². The molecule has 0 spiro atoms. The Bertz CT molecular complexity index is 591. The van der Waals surface area contributed by atoms with Gasteiger partial charge < -0.3 is 10.1 Å². The molecule has 2 unspecified atom stereocenters. The van der Waals surface area contributed by atoms with Crippen LogP contribution in [0.25, 0.3) is 0 Å². The molecule has 0 amide bonds. The van der Waals surface area contributed by atoms with Crippen LogP contribution in [0.3, 0.4) is 0 Å². The second-order valence-corrected chi connectivity index (χ2v) is 6.78. The van der Waals surface area contributed by atoms with Crippen molar-refractivity contribution in [3.8, 4) is 5.75 Å². The summed E-state index contributed by atoms with van der Waals surface area (Å²) in [6.07, 6.45) is 0. The number of halogens is 1. The number of rotatable bonds is 4. The van der Waals surface area contributed by atoms with E-state index >= 15 is 0 Å². The normalized spacial score (nSPS) is 18.6. The molecule has 2 atom stereocenters. The Morgan fingerprint density at radius 1 is 1.45 bits per heavy atom. The summed E-state index contributed by atoms with van der Waals surface area (Å²) < 4.78 is 6.71. The fourth-order valence-electron chi connectivity index (χ4n) is 2.76. The van der Waals surface area contributed by atoms with E-state index in [-0.39, 0.29) is 6.04 Å². The van der Waals surface area contributed by atoms with Crippen LogP contribution in [0.4, 0.5) is 0 Å². The monoisotopic (exact) mass is 307 g/mol. The number of hydrogen-bond donors (Lipinski definition) is 1. The minimum atomic E-state index is 0.264. The van der Waals surface area contributed by atoms with Crippen molar-refractivity contribution in [2.45, 2.75) is 25.8 Å². The molecule has 0 radical (unpaired) electrons. The van der Waals surface area contributed by atoms with Crippen molar-refractivity contribution < 1.29 is 4.74 Å². The van der Waals surface area contributed by atoms with Crippen molar-refractivity contribution in [3.63, 3.8) is 0 Å². The highest BCUT2D eigenvalue weighted by atomic mass is 35.5. The van der Waals surface area contributed by atoms with Gasteiger partial charge in [-0.3, -0.25) is 0 Å². The molecule has 2 aromatic rings. The van der Waals surface area contributed by atoms with Gasteiger partial charge in [-0.25, -0.2) is 0 Å². The lowest BCUT2D eigenvalue weighted by atomic mass is 9.92. The summed E-state index contributed by atoms with van der Waals surface area (Å²) in [5.74, 6) is 1.36. The zero-order valence-corrected chi connectivity index (χ0v) is 13.2. The van der Waals surface area contributed by atoms with Crippen LogP contribution >= 0.6 is 22.9 Å². The summed E-state index contributed by atoms with van der Waals surface area (Å²) in [6.45, 7) is 5.85. The highest BCUT2D eigenvalue weighted by molar-refractivity contribution is 7.16. The fraction of sp³-hybridized carbons (Fsp3) is 0.375. The van der Waals surface area contributed by atoms with Gasteiger partial charge >= 0.3 is 0 Å². The number of hydrogen-bond acceptors (Lipinski definition) is 3. The molecule has 0 saturated carbocycles. The number of aryl methyl sites for hydroxylation is 1. The molecule has 1 aliphatic heterocycles. The third kappa shape index (κ3) is 2.46. The topological polar surface area (TPSA) is 21.3 Å². The van der Waals surface area contributed by atoms with Crippen LogP contribution in [0.15, 0.2) is 30.3 Å². The predicted molar refractivity (Wildman–Crippen MR) is 85.2 cm³/mol. The van der Waals surface area contributed by atoms with E-state index in [4.69, 9.17) is 16.3 Å². The van der Waals surface area contributed by atoms with Gasteiger partial charge in [0.25, 0.3) is 0 Å². The van der Waals surface area contributed by atoms with E-state index in [0.29, 0.717) is 5.92 Å². The summed E-state index contributed by atoms with van der Waals surface area (Å²) >= 11 is 7.91. The van der Waals surface area contributed by atoms with Crippen molar-refractivity contribution >= 4 is 22.9 Å². The molecule has 0 aliphatic carbocycles. The summed E-state index contributed by atoms with van der Waals surface area (Å²) in [6, 6.07) is 10.8. The zero-order chi connectivity index (χ0) is 14.1. The smallest absolute Gasteiger partial charge is 0.122 e. The third-order valence-electron chi connectivity index (χ3n) is 3.75. The van der Waals surface area contributed by atoms with Crippen LogP contribution in [-0.4, -0.2) is 13.2 Å². The maximum atomic E-state index is 6.24. The van der Waals surface area contributed by atoms with Crippen LogP contribution < -0.4 is 10.1 Å². The van der Waals surface area contributed by atoms with Gasteiger partial charge in [0.1, 0.15) is 5.75 Å². The molecule has 1 N–H and O–H groups in total. The highest BCUT2D eigenvalue weighted by Gasteiger charge is 2.32. The molecule has 1 aliphatic rings. The SMILES string of the molecule is CCNC(c1cc(C)c(Cl)s1)C1COc2ccccc21. The quantitative estimate of drug-likeness (QED) is 0.895. The molecular formula is C16H18ClNOS. The van der Waals surface area contributed by atoms with E-state index in [0.717, 1.165) is 28.8 Å². The van der Waals surface area contributed by atoms with Crippen LogP contribution in [0.5, 0.6) is 5.75 Å². The number of ether oxygens (including phenoxy) is 1. The van der Waals surface area contributed by atoms with Gasteiger partial charge in [0, 0.05) is 16.4 Å². The van der Waals surface area contributed by atoms with E-state index in [1.165, 1.54) is 10.4 Å². The molecular weight excluding hydrogens is 290 g/mol. The molecule has 0 bridgehead atoms. The molecule has 2 nitrogen and oxygen atoms in total. The molecule has 0 fully saturated rings. The van der Waals surface area contributed by atoms with Crippen molar-refractivity contribution in [3.05, 3.63) is 50.7 Å². The summed E-state index contributed by atoms with van der Waals surface area (Å²) in [5, 5.41) is 3.59. The first kappa shape index (κ1) is 13.9. The van der Waals surface area contributed by atoms with E-state index in [1.54, 1.807) is 11.3 Å². The van der Waals surface area contributed by atoms with E-state index in [1.807, 2.05) is 12.1 Å². The standard InChI is InChI=1S/C16H18ClNOS/c1-3-18-15(14-8-10(2)16(17)20-14)12-9-19-13-7-5-4-6-11(12)13/h4-8,12,15,18H,3,9H2,1-2H3. The highest BCUT2D eigenvalue weighted by Crippen LogP contribution is 2.43. The first-order valence-corrected chi connectivity index (χ1v) is 8.11. The van der Waals surface area contributed by atoms with E-state index in [2.05, 4.69) is 37.4 Å². The lowest BCUT2D eigenvalue weighted by Gasteiger charge is -2.22. The number of para-hydroxylation sites is 1. The first-order valence-electron chi connectivity index (χ1n) is 6.91. The molecule has 4 heteroatoms. The molecule has 1 aromatic carbocycles. The number of likely N-dealkylation sites (N-methyl/N-ethyl adjacent to an activating group) is 1. The summed E-state index contributed by atoms with van der Waals surface area (Å²) in [7, 11) is 0. The van der Waals surface area contributed by atoms with Crippen LogP contribution in [0.1, 0.15) is 34.9 Å². The van der Waals surface area contributed by atoms with E-state index in [9.17, 15) is 0 Å². The Hall–Kier alpha value is -1.03. The number of benzene rings is 1. The van der Waals surface area contributed by atoms with Crippen LogP contribution in [-0.2, 0) is 0 Å². The van der Waals surface area contributed by atoms with Crippen LogP contribution in [0.2, 0.25) is 4.34 Å². The Morgan fingerprint density at radius 3 is 2.95 bits per heavy atom. The molecule has 106 valence electrons. The van der Waals surface area contributed by atoms with Gasteiger partial charge in [-0.2, -0.15) is 0 Å².